The van der Waals surface area contributed by atoms with Crippen LogP contribution in [0.25, 0.3) is 10.9 Å². The molecule has 6 nitrogen and oxygen atoms in total. The number of anilines is 2. The summed E-state index contributed by atoms with van der Waals surface area (Å²) in [5, 5.41) is 4.24. The summed E-state index contributed by atoms with van der Waals surface area (Å²) in [6.07, 6.45) is 0. The molecule has 1 heterocycles. The fraction of sp³-hybridized carbons (Fsp3) is 0.200. The Hall–Kier alpha value is -3.28. The molecule has 134 valence electrons. The second-order valence-corrected chi connectivity index (χ2v) is 5.79. The molecule has 1 aromatic heterocycles. The molecule has 0 aliphatic carbocycles. The van der Waals surface area contributed by atoms with Gasteiger partial charge in [-0.3, -0.25) is 0 Å². The third-order valence-corrected chi connectivity index (χ3v) is 3.99. The summed E-state index contributed by atoms with van der Waals surface area (Å²) < 4.78 is 15.4. The molecule has 6 heteroatoms. The van der Waals surface area contributed by atoms with E-state index in [1.54, 1.807) is 26.4 Å². The Balaban J connectivity index is 2.14. The van der Waals surface area contributed by atoms with Crippen molar-refractivity contribution < 1.29 is 19.0 Å². The zero-order valence-electron chi connectivity index (χ0n) is 15.1. The van der Waals surface area contributed by atoms with Gasteiger partial charge in [0.15, 0.2) is 5.69 Å². The number of hydrogen-bond donors (Lipinski definition) is 1. The standard InChI is InChI=1S/C20H20N2O4/c1-12-5-6-17-16(7-12)18(11-19(22-17)20(23)26-4)21-13-8-14(24-2)10-15(9-13)25-3/h5-11H,1-4H3,(H,21,22). The Morgan fingerprint density at radius 1 is 0.962 bits per heavy atom. The number of esters is 1. The van der Waals surface area contributed by atoms with Crippen LogP contribution >= 0.6 is 0 Å². The van der Waals surface area contributed by atoms with Crippen LogP contribution in [0.1, 0.15) is 16.1 Å². The monoisotopic (exact) mass is 352 g/mol. The van der Waals surface area contributed by atoms with Gasteiger partial charge >= 0.3 is 5.97 Å². The van der Waals surface area contributed by atoms with E-state index in [1.807, 2.05) is 37.3 Å². The van der Waals surface area contributed by atoms with Crippen LogP contribution in [0, 0.1) is 6.92 Å². The summed E-state index contributed by atoms with van der Waals surface area (Å²) in [5.41, 5.74) is 3.55. The average Bonchev–Trinajstić information content (AvgIpc) is 2.67. The van der Waals surface area contributed by atoms with Crippen molar-refractivity contribution in [1.29, 1.82) is 0 Å². The molecular weight excluding hydrogens is 332 g/mol. The maximum atomic E-state index is 12.0. The Bertz CT molecular complexity index is 947. The van der Waals surface area contributed by atoms with E-state index in [0.717, 1.165) is 22.3 Å². The number of methoxy groups -OCH3 is 3. The van der Waals surface area contributed by atoms with Crippen molar-refractivity contribution in [3.05, 3.63) is 53.7 Å². The second-order valence-electron chi connectivity index (χ2n) is 5.79. The molecule has 0 aliphatic heterocycles. The average molecular weight is 352 g/mol. The van der Waals surface area contributed by atoms with Gasteiger partial charge in [-0.1, -0.05) is 11.6 Å². The van der Waals surface area contributed by atoms with Crippen molar-refractivity contribution in [2.24, 2.45) is 0 Å². The molecule has 26 heavy (non-hydrogen) atoms. The predicted molar refractivity (Wildman–Crippen MR) is 101 cm³/mol. The van der Waals surface area contributed by atoms with Crippen LogP contribution in [0.4, 0.5) is 11.4 Å². The number of aromatic nitrogens is 1. The number of carbonyl (C=O) groups excluding carboxylic acids is 1. The van der Waals surface area contributed by atoms with E-state index < -0.39 is 5.97 Å². The summed E-state index contributed by atoms with van der Waals surface area (Å²) in [5.74, 6) is 0.836. The number of hydrogen-bond acceptors (Lipinski definition) is 6. The Labute approximate surface area is 151 Å². The SMILES string of the molecule is COC(=O)c1cc(Nc2cc(OC)cc(OC)c2)c2cc(C)ccc2n1. The molecule has 3 aromatic rings. The maximum Gasteiger partial charge on any atom is 0.356 e. The van der Waals surface area contributed by atoms with Gasteiger partial charge in [0.25, 0.3) is 0 Å². The van der Waals surface area contributed by atoms with Crippen LogP contribution in [-0.4, -0.2) is 32.3 Å². The normalized spacial score (nSPS) is 10.5. The van der Waals surface area contributed by atoms with Crippen LogP contribution in [0.15, 0.2) is 42.5 Å². The third-order valence-electron chi connectivity index (χ3n) is 3.99. The smallest absolute Gasteiger partial charge is 0.356 e. The van der Waals surface area contributed by atoms with Crippen LogP contribution in [-0.2, 0) is 4.74 Å². The molecule has 0 bridgehead atoms. The van der Waals surface area contributed by atoms with Gasteiger partial charge in [-0.25, -0.2) is 9.78 Å². The highest BCUT2D eigenvalue weighted by Gasteiger charge is 2.13. The van der Waals surface area contributed by atoms with Gasteiger partial charge in [0.2, 0.25) is 0 Å². The van der Waals surface area contributed by atoms with E-state index in [-0.39, 0.29) is 5.69 Å². The highest BCUT2D eigenvalue weighted by Crippen LogP contribution is 2.31. The molecule has 0 spiro atoms. The van der Waals surface area contributed by atoms with Crippen molar-refractivity contribution in [3.8, 4) is 11.5 Å². The van der Waals surface area contributed by atoms with Crippen molar-refractivity contribution in [1.82, 2.24) is 4.98 Å². The third kappa shape index (κ3) is 3.54. The van der Waals surface area contributed by atoms with Gasteiger partial charge < -0.3 is 19.5 Å². The Morgan fingerprint density at radius 2 is 1.65 bits per heavy atom. The first-order valence-electron chi connectivity index (χ1n) is 8.04. The van der Waals surface area contributed by atoms with E-state index >= 15 is 0 Å². The van der Waals surface area contributed by atoms with E-state index in [0.29, 0.717) is 17.0 Å². The number of rotatable bonds is 5. The number of ether oxygens (including phenoxy) is 3. The number of pyridine rings is 1. The van der Waals surface area contributed by atoms with Crippen LogP contribution < -0.4 is 14.8 Å². The fourth-order valence-corrected chi connectivity index (χ4v) is 2.69. The Morgan fingerprint density at radius 3 is 2.27 bits per heavy atom. The minimum Gasteiger partial charge on any atom is -0.497 e. The van der Waals surface area contributed by atoms with E-state index in [2.05, 4.69) is 10.3 Å². The summed E-state index contributed by atoms with van der Waals surface area (Å²) >= 11 is 0. The maximum absolute atomic E-state index is 12.0. The van der Waals surface area contributed by atoms with Crippen LogP contribution in [0.5, 0.6) is 11.5 Å². The fourth-order valence-electron chi connectivity index (χ4n) is 2.69. The highest BCUT2D eigenvalue weighted by atomic mass is 16.5. The number of nitrogens with one attached hydrogen (secondary N) is 1. The molecule has 1 N–H and O–H groups in total. The summed E-state index contributed by atoms with van der Waals surface area (Å²) in [7, 11) is 4.53. The first-order chi connectivity index (χ1) is 12.5. The van der Waals surface area contributed by atoms with Gasteiger partial charge in [0.05, 0.1) is 32.5 Å². The number of carbonyl (C=O) groups is 1. The number of nitrogens with zero attached hydrogens (tertiary/aromatic N) is 1. The largest absolute Gasteiger partial charge is 0.497 e. The van der Waals surface area contributed by atoms with Crippen LogP contribution in [0.3, 0.4) is 0 Å². The molecule has 0 unspecified atom stereocenters. The van der Waals surface area contributed by atoms with Crippen LogP contribution in [0.2, 0.25) is 0 Å². The van der Waals surface area contributed by atoms with E-state index in [1.165, 1.54) is 7.11 Å². The van der Waals surface area contributed by atoms with Gasteiger partial charge in [-0.15, -0.1) is 0 Å². The molecule has 0 saturated heterocycles. The summed E-state index contributed by atoms with van der Waals surface area (Å²) in [4.78, 5) is 16.4. The Kier molecular flexibility index (Phi) is 4.93. The van der Waals surface area contributed by atoms with Crippen molar-refractivity contribution in [2.45, 2.75) is 6.92 Å². The second kappa shape index (κ2) is 7.31. The molecule has 3 rings (SSSR count). The first kappa shape index (κ1) is 17.5. The van der Waals surface area contributed by atoms with E-state index in [9.17, 15) is 4.79 Å². The molecule has 0 saturated carbocycles. The van der Waals surface area contributed by atoms with Crippen molar-refractivity contribution in [3.63, 3.8) is 0 Å². The quantitative estimate of drug-likeness (QED) is 0.698. The molecule has 0 aliphatic rings. The van der Waals surface area contributed by atoms with Crippen molar-refractivity contribution in [2.75, 3.05) is 26.6 Å². The highest BCUT2D eigenvalue weighted by molar-refractivity contribution is 5.99. The molecule has 2 aromatic carbocycles. The lowest BCUT2D eigenvalue weighted by Crippen LogP contribution is -2.06. The topological polar surface area (TPSA) is 69.7 Å². The van der Waals surface area contributed by atoms with Crippen molar-refractivity contribution >= 4 is 28.2 Å². The minimum absolute atomic E-state index is 0.237. The molecule has 0 atom stereocenters. The number of benzene rings is 2. The molecule has 0 amide bonds. The zero-order chi connectivity index (χ0) is 18.7. The lowest BCUT2D eigenvalue weighted by molar-refractivity contribution is 0.0594. The number of fused-ring (bicyclic) bond motifs is 1. The first-order valence-corrected chi connectivity index (χ1v) is 8.04. The molecular formula is C20H20N2O4. The number of aryl methyl sites for hydroxylation is 1. The predicted octanol–water partition coefficient (Wildman–Crippen LogP) is 4.09. The summed E-state index contributed by atoms with van der Waals surface area (Å²) in [6, 6.07) is 13.0. The van der Waals surface area contributed by atoms with Gasteiger partial charge in [0.1, 0.15) is 11.5 Å². The minimum atomic E-state index is -0.487. The zero-order valence-corrected chi connectivity index (χ0v) is 15.1. The molecule has 0 radical (unpaired) electrons. The lowest BCUT2D eigenvalue weighted by atomic mass is 10.1. The van der Waals surface area contributed by atoms with E-state index in [4.69, 9.17) is 14.2 Å². The lowest BCUT2D eigenvalue weighted by Gasteiger charge is -2.14. The summed E-state index contributed by atoms with van der Waals surface area (Å²) in [6.45, 7) is 2.01. The van der Waals surface area contributed by atoms with Gasteiger partial charge in [-0.05, 0) is 25.1 Å². The van der Waals surface area contributed by atoms with Gasteiger partial charge in [0, 0.05) is 29.3 Å². The molecule has 0 fully saturated rings. The van der Waals surface area contributed by atoms with Gasteiger partial charge in [-0.2, -0.15) is 0 Å².